The molecule has 0 aliphatic rings. The lowest BCUT2D eigenvalue weighted by Gasteiger charge is -2.23. The lowest BCUT2D eigenvalue weighted by molar-refractivity contribution is 0.251. The maximum atomic E-state index is 5.39. The van der Waals surface area contributed by atoms with Crippen molar-refractivity contribution in [2.45, 2.75) is 25.9 Å². The quantitative estimate of drug-likeness (QED) is 0.860. The van der Waals surface area contributed by atoms with Gasteiger partial charge in [0.15, 0.2) is 0 Å². The first-order chi connectivity index (χ1) is 9.69. The summed E-state index contributed by atoms with van der Waals surface area (Å²) in [6.45, 7) is 3.68. The topological polar surface area (TPSA) is 29.3 Å². The van der Waals surface area contributed by atoms with Crippen LogP contribution in [-0.4, -0.2) is 24.5 Å². The van der Waals surface area contributed by atoms with Gasteiger partial charge in [0.1, 0.15) is 0 Å². The fraction of sp³-hybridized carbons (Fsp3) is 0.375. The van der Waals surface area contributed by atoms with Crippen molar-refractivity contribution in [1.29, 1.82) is 0 Å². The van der Waals surface area contributed by atoms with Crippen molar-refractivity contribution in [3.63, 3.8) is 0 Å². The van der Waals surface area contributed by atoms with Crippen LogP contribution >= 0.6 is 22.7 Å². The van der Waals surface area contributed by atoms with Crippen molar-refractivity contribution >= 4 is 22.7 Å². The van der Waals surface area contributed by atoms with Gasteiger partial charge in [0, 0.05) is 22.3 Å². The van der Waals surface area contributed by atoms with E-state index in [1.165, 1.54) is 9.75 Å². The number of hydrogen-bond acceptors (Lipinski definition) is 4. The van der Waals surface area contributed by atoms with Crippen LogP contribution in [-0.2, 0) is 13.0 Å². The highest BCUT2D eigenvalue weighted by Crippen LogP contribution is 2.19. The number of likely N-dealkylation sites (N-methyl/N-ethyl adjacent to an activating group) is 1. The van der Waals surface area contributed by atoms with Crippen molar-refractivity contribution in [2.75, 3.05) is 13.6 Å². The predicted molar refractivity (Wildman–Crippen MR) is 89.2 cm³/mol. The molecule has 2 nitrogen and oxygen atoms in total. The molecule has 0 aliphatic heterocycles. The van der Waals surface area contributed by atoms with Crippen LogP contribution in [0.3, 0.4) is 0 Å². The van der Waals surface area contributed by atoms with Crippen LogP contribution in [0.4, 0.5) is 0 Å². The largest absolute Gasteiger partial charge is 0.320 e. The Bertz CT molecular complexity index is 575. The van der Waals surface area contributed by atoms with Crippen LogP contribution in [0.15, 0.2) is 29.6 Å². The minimum atomic E-state index is 0.422. The molecule has 4 heteroatoms. The summed E-state index contributed by atoms with van der Waals surface area (Å²) < 4.78 is 0. The standard InChI is InChI=1S/C16H20N2S2/c1-13(11-15-6-4-10-19-15)18(2)12-16-8-7-14(20-16)5-3-9-17/h4,6-8,10,13H,9,11-12,17H2,1-2H3. The molecule has 0 amide bonds. The van der Waals surface area contributed by atoms with Crippen molar-refractivity contribution in [3.05, 3.63) is 44.3 Å². The monoisotopic (exact) mass is 304 g/mol. The van der Waals surface area contributed by atoms with E-state index in [-0.39, 0.29) is 0 Å². The molecule has 2 heterocycles. The molecule has 0 aromatic carbocycles. The first-order valence-corrected chi connectivity index (χ1v) is 8.39. The predicted octanol–water partition coefficient (Wildman–Crippen LogP) is 3.18. The second-order valence-electron chi connectivity index (χ2n) is 4.82. The van der Waals surface area contributed by atoms with Gasteiger partial charge >= 0.3 is 0 Å². The number of thiophene rings is 2. The van der Waals surface area contributed by atoms with Gasteiger partial charge in [0.05, 0.1) is 11.4 Å². The third kappa shape index (κ3) is 4.46. The molecule has 0 aliphatic carbocycles. The van der Waals surface area contributed by atoms with Crippen molar-refractivity contribution in [1.82, 2.24) is 4.90 Å². The number of rotatable bonds is 5. The molecule has 0 spiro atoms. The molecular formula is C16H20N2S2. The molecule has 0 saturated carbocycles. The lowest BCUT2D eigenvalue weighted by atomic mass is 10.2. The Morgan fingerprint density at radius 2 is 2.15 bits per heavy atom. The smallest absolute Gasteiger partial charge is 0.0772 e. The molecule has 2 aromatic rings. The highest BCUT2D eigenvalue weighted by atomic mass is 32.1. The van der Waals surface area contributed by atoms with E-state index in [0.717, 1.165) is 17.8 Å². The van der Waals surface area contributed by atoms with Gasteiger partial charge in [0.25, 0.3) is 0 Å². The summed E-state index contributed by atoms with van der Waals surface area (Å²) in [5.41, 5.74) is 5.39. The van der Waals surface area contributed by atoms with Crippen molar-refractivity contribution in [2.24, 2.45) is 5.73 Å². The summed E-state index contributed by atoms with van der Waals surface area (Å²) >= 11 is 3.59. The third-order valence-corrected chi connectivity index (χ3v) is 5.09. The van der Waals surface area contributed by atoms with E-state index in [4.69, 9.17) is 5.73 Å². The van der Waals surface area contributed by atoms with Crippen molar-refractivity contribution < 1.29 is 0 Å². The first-order valence-electron chi connectivity index (χ1n) is 6.69. The Hall–Kier alpha value is -1.12. The Labute approximate surface area is 129 Å². The zero-order valence-electron chi connectivity index (χ0n) is 11.9. The van der Waals surface area contributed by atoms with Gasteiger partial charge in [-0.05, 0) is 44.0 Å². The molecule has 106 valence electrons. The van der Waals surface area contributed by atoms with E-state index >= 15 is 0 Å². The summed E-state index contributed by atoms with van der Waals surface area (Å²) in [6.07, 6.45) is 1.11. The highest BCUT2D eigenvalue weighted by molar-refractivity contribution is 7.12. The third-order valence-electron chi connectivity index (χ3n) is 3.21. The fourth-order valence-electron chi connectivity index (χ4n) is 1.95. The number of hydrogen-bond donors (Lipinski definition) is 1. The maximum Gasteiger partial charge on any atom is 0.0772 e. The number of nitrogens with zero attached hydrogens (tertiary/aromatic N) is 1. The average Bonchev–Trinajstić information content (AvgIpc) is 3.08. The summed E-state index contributed by atoms with van der Waals surface area (Å²) in [5, 5.41) is 2.14. The van der Waals surface area contributed by atoms with Gasteiger partial charge in [-0.15, -0.1) is 22.7 Å². The minimum absolute atomic E-state index is 0.422. The van der Waals surface area contributed by atoms with Gasteiger partial charge in [-0.3, -0.25) is 4.90 Å². The van der Waals surface area contributed by atoms with Crippen LogP contribution < -0.4 is 5.73 Å². The second-order valence-corrected chi connectivity index (χ2v) is 7.02. The van der Waals surface area contributed by atoms with Gasteiger partial charge in [-0.25, -0.2) is 0 Å². The van der Waals surface area contributed by atoms with Crippen LogP contribution in [0.1, 0.15) is 21.6 Å². The summed E-state index contributed by atoms with van der Waals surface area (Å²) in [4.78, 5) is 6.30. The molecule has 2 N–H and O–H groups in total. The lowest BCUT2D eigenvalue weighted by Crippen LogP contribution is -2.29. The Morgan fingerprint density at radius 1 is 1.30 bits per heavy atom. The Morgan fingerprint density at radius 3 is 2.85 bits per heavy atom. The van der Waals surface area contributed by atoms with Gasteiger partial charge in [0.2, 0.25) is 0 Å². The molecule has 0 radical (unpaired) electrons. The zero-order chi connectivity index (χ0) is 14.4. The molecule has 2 aromatic heterocycles. The van der Waals surface area contributed by atoms with E-state index in [1.807, 2.05) is 11.3 Å². The normalized spacial score (nSPS) is 12.2. The van der Waals surface area contributed by atoms with Crippen LogP contribution in [0.2, 0.25) is 0 Å². The van der Waals surface area contributed by atoms with E-state index in [9.17, 15) is 0 Å². The van der Waals surface area contributed by atoms with E-state index < -0.39 is 0 Å². The SMILES string of the molecule is CC(Cc1cccs1)N(C)Cc1ccc(C#CCN)s1. The number of nitrogens with two attached hydrogens (primary N) is 1. The molecule has 1 unspecified atom stereocenters. The van der Waals surface area contributed by atoms with E-state index in [1.54, 1.807) is 11.3 Å². The van der Waals surface area contributed by atoms with Gasteiger partial charge in [-0.2, -0.15) is 0 Å². The maximum absolute atomic E-state index is 5.39. The van der Waals surface area contributed by atoms with Gasteiger partial charge in [-0.1, -0.05) is 17.9 Å². The molecule has 0 saturated heterocycles. The summed E-state index contributed by atoms with van der Waals surface area (Å²) in [6, 6.07) is 9.11. The minimum Gasteiger partial charge on any atom is -0.320 e. The summed E-state index contributed by atoms with van der Waals surface area (Å²) in [5.74, 6) is 5.99. The van der Waals surface area contributed by atoms with Crippen LogP contribution in [0, 0.1) is 11.8 Å². The Balaban J connectivity index is 1.90. The van der Waals surface area contributed by atoms with E-state index in [0.29, 0.717) is 12.6 Å². The molecule has 2 rings (SSSR count). The molecule has 1 atom stereocenters. The average molecular weight is 304 g/mol. The van der Waals surface area contributed by atoms with E-state index in [2.05, 4.69) is 60.4 Å². The van der Waals surface area contributed by atoms with Crippen LogP contribution in [0.25, 0.3) is 0 Å². The molecule has 0 fully saturated rings. The fourth-order valence-corrected chi connectivity index (χ4v) is 3.72. The Kier molecular flexibility index (Phi) is 5.81. The van der Waals surface area contributed by atoms with Crippen LogP contribution in [0.5, 0.6) is 0 Å². The first kappa shape index (κ1) is 15.3. The van der Waals surface area contributed by atoms with Crippen molar-refractivity contribution in [3.8, 4) is 11.8 Å². The second kappa shape index (κ2) is 7.61. The molecular weight excluding hydrogens is 284 g/mol. The molecule has 20 heavy (non-hydrogen) atoms. The van der Waals surface area contributed by atoms with Gasteiger partial charge < -0.3 is 5.73 Å². The molecule has 0 bridgehead atoms. The summed E-state index contributed by atoms with van der Waals surface area (Å²) in [7, 11) is 2.18. The zero-order valence-corrected chi connectivity index (χ0v) is 13.6. The highest BCUT2D eigenvalue weighted by Gasteiger charge is 2.12.